The van der Waals surface area contributed by atoms with Crippen molar-refractivity contribution >= 4 is 28.8 Å². The lowest BCUT2D eigenvalue weighted by Gasteiger charge is -2.46. The van der Waals surface area contributed by atoms with Gasteiger partial charge in [-0.1, -0.05) is 54.1 Å². The molecule has 10 nitrogen and oxygen atoms in total. The Balaban J connectivity index is 1.68. The SMILES string of the molecule is CC(CO)(CO)NCc1cc(Cl)c(OCC2(OCC(CO)CO)C=CC=C(c3ccccc3)C2(C)Cl)cc1OCc1cncc(C#N)c1. The van der Waals surface area contributed by atoms with Gasteiger partial charge in [-0.15, -0.1) is 11.6 Å². The molecule has 3 aromatic rings. The summed E-state index contributed by atoms with van der Waals surface area (Å²) in [7, 11) is 0. The standard InChI is InChI=1S/C36H41Cl2N3O7/c1-34(22-44,23-45)41-17-29-12-31(37)33(13-32(29)46-20-26-11-25(14-39)15-40-16-26)47-24-36(48-21-27(18-42)19-43)10-6-9-30(35(36,2)38)28-7-4-3-5-8-28/h3-13,15-16,27,41-45H,17-24H2,1-2H3. The molecule has 0 amide bonds. The first-order valence-corrected chi connectivity index (χ1v) is 16.2. The van der Waals surface area contributed by atoms with Crippen LogP contribution in [0.5, 0.6) is 11.5 Å². The summed E-state index contributed by atoms with van der Waals surface area (Å²) in [5.74, 6) is 0.129. The van der Waals surface area contributed by atoms with Gasteiger partial charge < -0.3 is 40.0 Å². The third-order valence-electron chi connectivity index (χ3n) is 8.39. The molecule has 1 aliphatic carbocycles. The van der Waals surface area contributed by atoms with Crippen molar-refractivity contribution in [3.8, 4) is 17.6 Å². The Labute approximate surface area is 290 Å². The topological polar surface area (TPSA) is 157 Å². The van der Waals surface area contributed by atoms with Gasteiger partial charge in [-0.25, -0.2) is 0 Å². The molecule has 12 heteroatoms. The van der Waals surface area contributed by atoms with Gasteiger partial charge >= 0.3 is 0 Å². The highest BCUT2D eigenvalue weighted by Gasteiger charge is 2.51. The summed E-state index contributed by atoms with van der Waals surface area (Å²) in [5, 5.41) is 51.8. The highest BCUT2D eigenvalue weighted by Crippen LogP contribution is 2.48. The Kier molecular flexibility index (Phi) is 13.0. The first kappa shape index (κ1) is 37.3. The molecule has 5 N–H and O–H groups in total. The number of nitrogens with zero attached hydrogens (tertiary/aromatic N) is 2. The number of halogens is 2. The molecule has 0 radical (unpaired) electrons. The zero-order valence-electron chi connectivity index (χ0n) is 26.9. The van der Waals surface area contributed by atoms with Crippen LogP contribution in [0.3, 0.4) is 0 Å². The van der Waals surface area contributed by atoms with Crippen molar-refractivity contribution in [2.24, 2.45) is 5.92 Å². The van der Waals surface area contributed by atoms with Crippen molar-refractivity contribution < 1.29 is 34.6 Å². The second-order valence-electron chi connectivity index (χ2n) is 12.1. The van der Waals surface area contributed by atoms with Gasteiger partial charge in [-0.3, -0.25) is 4.98 Å². The van der Waals surface area contributed by atoms with Crippen molar-refractivity contribution in [2.45, 2.75) is 43.0 Å². The van der Waals surface area contributed by atoms with E-state index in [0.717, 1.165) is 11.1 Å². The maximum Gasteiger partial charge on any atom is 0.143 e. The van der Waals surface area contributed by atoms with Crippen LogP contribution in [0.4, 0.5) is 0 Å². The minimum absolute atomic E-state index is 0.00204. The predicted molar refractivity (Wildman–Crippen MR) is 184 cm³/mol. The second-order valence-corrected chi connectivity index (χ2v) is 13.3. The quantitative estimate of drug-likeness (QED) is 0.128. The number of alkyl halides is 1. The van der Waals surface area contributed by atoms with Gasteiger partial charge in [-0.2, -0.15) is 5.26 Å². The van der Waals surface area contributed by atoms with Crippen molar-refractivity contribution in [2.75, 3.05) is 39.6 Å². The van der Waals surface area contributed by atoms with E-state index in [1.807, 2.05) is 55.5 Å². The Morgan fingerprint density at radius 1 is 1.02 bits per heavy atom. The fraction of sp³-hybridized carbons (Fsp3) is 0.389. The van der Waals surface area contributed by atoms with Crippen LogP contribution < -0.4 is 14.8 Å². The molecule has 0 spiro atoms. The van der Waals surface area contributed by atoms with Crippen molar-refractivity contribution in [1.29, 1.82) is 5.26 Å². The molecule has 2 atom stereocenters. The van der Waals surface area contributed by atoms with E-state index in [1.54, 1.807) is 31.3 Å². The van der Waals surface area contributed by atoms with Crippen LogP contribution in [0.2, 0.25) is 5.02 Å². The van der Waals surface area contributed by atoms with E-state index in [2.05, 4.69) is 16.4 Å². The summed E-state index contributed by atoms with van der Waals surface area (Å²) in [6.45, 7) is 2.52. The van der Waals surface area contributed by atoms with Crippen molar-refractivity contribution in [3.63, 3.8) is 0 Å². The summed E-state index contributed by atoms with van der Waals surface area (Å²) in [5.41, 5.74) is 1.14. The largest absolute Gasteiger partial charge is 0.488 e. The number of aromatic nitrogens is 1. The molecule has 2 unspecified atom stereocenters. The number of allylic oxidation sites excluding steroid dienone is 2. The average Bonchev–Trinajstić information content (AvgIpc) is 3.11. The van der Waals surface area contributed by atoms with Crippen LogP contribution in [0.1, 0.15) is 36.1 Å². The van der Waals surface area contributed by atoms with Crippen LogP contribution in [-0.4, -0.2) is 81.1 Å². The van der Waals surface area contributed by atoms with Crippen LogP contribution in [-0.2, 0) is 17.9 Å². The molecule has 48 heavy (non-hydrogen) atoms. The third-order valence-corrected chi connectivity index (χ3v) is 9.20. The van der Waals surface area contributed by atoms with E-state index in [0.29, 0.717) is 22.4 Å². The molecule has 256 valence electrons. The van der Waals surface area contributed by atoms with Crippen LogP contribution >= 0.6 is 23.2 Å². The maximum atomic E-state index is 9.80. The van der Waals surface area contributed by atoms with E-state index in [4.69, 9.17) is 37.4 Å². The maximum absolute atomic E-state index is 9.80. The number of pyridine rings is 1. The number of rotatable bonds is 17. The van der Waals surface area contributed by atoms with E-state index >= 15 is 0 Å². The second kappa shape index (κ2) is 16.7. The lowest BCUT2D eigenvalue weighted by molar-refractivity contribution is -0.0769. The molecule has 2 aromatic carbocycles. The monoisotopic (exact) mass is 697 g/mol. The molecular weight excluding hydrogens is 657 g/mol. The number of aliphatic hydroxyl groups excluding tert-OH is 4. The smallest absolute Gasteiger partial charge is 0.143 e. The summed E-state index contributed by atoms with van der Waals surface area (Å²) >= 11 is 14.2. The van der Waals surface area contributed by atoms with E-state index in [1.165, 1.54) is 6.20 Å². The minimum atomic E-state index is -1.27. The minimum Gasteiger partial charge on any atom is -0.488 e. The van der Waals surface area contributed by atoms with Gasteiger partial charge in [-0.05, 0) is 43.2 Å². The van der Waals surface area contributed by atoms with Crippen LogP contribution in [0.15, 0.2) is 79.2 Å². The molecular formula is C36H41Cl2N3O7. The number of benzene rings is 2. The van der Waals surface area contributed by atoms with Gasteiger partial charge in [0, 0.05) is 42.0 Å². The number of nitriles is 1. The van der Waals surface area contributed by atoms with Crippen molar-refractivity contribution in [3.05, 3.63) is 106 Å². The molecule has 1 heterocycles. The Morgan fingerprint density at radius 2 is 1.75 bits per heavy atom. The van der Waals surface area contributed by atoms with Crippen LogP contribution in [0.25, 0.3) is 5.57 Å². The van der Waals surface area contributed by atoms with Gasteiger partial charge in [0.25, 0.3) is 0 Å². The predicted octanol–water partition coefficient (Wildman–Crippen LogP) is 4.40. The third kappa shape index (κ3) is 8.74. The number of aliphatic hydroxyl groups is 4. The van der Waals surface area contributed by atoms with Gasteiger partial charge in [0.2, 0.25) is 0 Å². The Hall–Kier alpha value is -3.50. The highest BCUT2D eigenvalue weighted by molar-refractivity contribution is 6.32. The van der Waals surface area contributed by atoms with Crippen molar-refractivity contribution in [1.82, 2.24) is 10.3 Å². The van der Waals surface area contributed by atoms with Gasteiger partial charge in [0.1, 0.15) is 41.3 Å². The Bertz CT molecular complexity index is 1620. The zero-order valence-corrected chi connectivity index (χ0v) is 28.4. The first-order valence-electron chi connectivity index (χ1n) is 15.4. The van der Waals surface area contributed by atoms with E-state index in [-0.39, 0.29) is 63.6 Å². The zero-order chi connectivity index (χ0) is 34.8. The van der Waals surface area contributed by atoms with Gasteiger partial charge in [0.05, 0.1) is 49.2 Å². The summed E-state index contributed by atoms with van der Waals surface area (Å²) < 4.78 is 19.0. The molecule has 0 saturated heterocycles. The van der Waals surface area contributed by atoms with Gasteiger partial charge in [0.15, 0.2) is 0 Å². The van der Waals surface area contributed by atoms with E-state index in [9.17, 15) is 25.7 Å². The first-order chi connectivity index (χ1) is 23.0. The van der Waals surface area contributed by atoms with Crippen LogP contribution in [0, 0.1) is 17.2 Å². The molecule has 4 rings (SSSR count). The summed E-state index contributed by atoms with van der Waals surface area (Å²) in [6, 6.07) is 16.7. The normalized spacial score (nSPS) is 19.2. The molecule has 0 bridgehead atoms. The Morgan fingerprint density at radius 3 is 2.42 bits per heavy atom. The fourth-order valence-electron chi connectivity index (χ4n) is 5.07. The molecule has 0 fully saturated rings. The molecule has 0 saturated carbocycles. The number of nitrogens with one attached hydrogen (secondary N) is 1. The lowest BCUT2D eigenvalue weighted by Crippen LogP contribution is -2.55. The fourth-order valence-corrected chi connectivity index (χ4v) is 5.65. The highest BCUT2D eigenvalue weighted by atomic mass is 35.5. The lowest BCUT2D eigenvalue weighted by atomic mass is 9.76. The molecule has 0 aliphatic heterocycles. The molecule has 1 aromatic heterocycles. The summed E-state index contributed by atoms with van der Waals surface area (Å²) in [4.78, 5) is 2.94. The number of hydrogen-bond donors (Lipinski definition) is 5. The van der Waals surface area contributed by atoms with E-state index < -0.39 is 21.9 Å². The molecule has 1 aliphatic rings. The number of ether oxygens (including phenoxy) is 3. The summed E-state index contributed by atoms with van der Waals surface area (Å²) in [6.07, 6.45) is 8.63. The average molecular weight is 699 g/mol. The number of hydrogen-bond acceptors (Lipinski definition) is 10.